The van der Waals surface area contributed by atoms with Gasteiger partial charge in [-0.15, -0.1) is 0 Å². The molecule has 0 aliphatic carbocycles. The highest BCUT2D eigenvalue weighted by Gasteiger charge is 2.38. The number of nitrogens with one attached hydrogen (secondary N) is 1. The first-order valence-corrected chi connectivity index (χ1v) is 8.85. The van der Waals surface area contributed by atoms with Crippen molar-refractivity contribution in [3.8, 4) is 5.75 Å². The Balaban J connectivity index is 1.52. The van der Waals surface area contributed by atoms with Crippen LogP contribution >= 0.6 is 0 Å². The normalized spacial score (nSPS) is 21.6. The fourth-order valence-electron chi connectivity index (χ4n) is 3.34. The van der Waals surface area contributed by atoms with Gasteiger partial charge in [-0.3, -0.25) is 9.69 Å². The standard InChI is InChI=1S/C18H26N4O3/c1-3-4-16-17(23)22(18(24)19-16)13-20-9-11-21(12-10-20)14-5-7-15(25-2)8-6-14/h5-8,16H,3-4,9-13H2,1-2H3,(H,19,24)/t16-/m1/s1. The quantitative estimate of drug-likeness (QED) is 0.791. The number of rotatable bonds is 6. The molecule has 7 heteroatoms. The van der Waals surface area contributed by atoms with Crippen LogP contribution in [0.25, 0.3) is 0 Å². The summed E-state index contributed by atoms with van der Waals surface area (Å²) in [6.45, 7) is 5.77. The summed E-state index contributed by atoms with van der Waals surface area (Å²) < 4.78 is 5.19. The average molecular weight is 346 g/mol. The van der Waals surface area contributed by atoms with Gasteiger partial charge in [0.1, 0.15) is 11.8 Å². The van der Waals surface area contributed by atoms with Crippen LogP contribution in [0.15, 0.2) is 24.3 Å². The van der Waals surface area contributed by atoms with Gasteiger partial charge in [0.25, 0.3) is 5.91 Å². The van der Waals surface area contributed by atoms with Crippen molar-refractivity contribution in [2.75, 3.05) is 44.9 Å². The maximum absolute atomic E-state index is 12.3. The molecule has 0 spiro atoms. The van der Waals surface area contributed by atoms with E-state index in [1.807, 2.05) is 19.1 Å². The van der Waals surface area contributed by atoms with Crippen LogP contribution in [0.1, 0.15) is 19.8 Å². The second-order valence-electron chi connectivity index (χ2n) is 6.50. The van der Waals surface area contributed by atoms with Gasteiger partial charge in [0.05, 0.1) is 13.8 Å². The number of ether oxygens (including phenoxy) is 1. The molecule has 0 saturated carbocycles. The zero-order valence-corrected chi connectivity index (χ0v) is 14.9. The number of hydrogen-bond acceptors (Lipinski definition) is 5. The van der Waals surface area contributed by atoms with Crippen LogP contribution in [0.4, 0.5) is 10.5 Å². The van der Waals surface area contributed by atoms with E-state index in [0.717, 1.165) is 38.3 Å². The number of amides is 3. The van der Waals surface area contributed by atoms with Gasteiger partial charge in [-0.1, -0.05) is 13.3 Å². The molecule has 2 aliphatic heterocycles. The van der Waals surface area contributed by atoms with Crippen molar-refractivity contribution in [2.45, 2.75) is 25.8 Å². The molecule has 1 atom stereocenters. The van der Waals surface area contributed by atoms with Gasteiger partial charge in [0, 0.05) is 31.9 Å². The highest BCUT2D eigenvalue weighted by atomic mass is 16.5. The molecular weight excluding hydrogens is 320 g/mol. The van der Waals surface area contributed by atoms with Crippen LogP contribution < -0.4 is 15.0 Å². The van der Waals surface area contributed by atoms with Crippen molar-refractivity contribution in [1.82, 2.24) is 15.1 Å². The zero-order chi connectivity index (χ0) is 17.8. The number of carbonyl (C=O) groups is 2. The first-order valence-electron chi connectivity index (χ1n) is 8.85. The Hall–Kier alpha value is -2.28. The zero-order valence-electron chi connectivity index (χ0n) is 14.9. The summed E-state index contributed by atoms with van der Waals surface area (Å²) in [5.74, 6) is 0.756. The van der Waals surface area contributed by atoms with E-state index in [4.69, 9.17) is 4.74 Å². The van der Waals surface area contributed by atoms with Crippen LogP contribution in [0.5, 0.6) is 5.75 Å². The predicted molar refractivity (Wildman–Crippen MR) is 95.7 cm³/mol. The lowest BCUT2D eigenvalue weighted by atomic mass is 10.2. The molecule has 1 aromatic carbocycles. The lowest BCUT2D eigenvalue weighted by Crippen LogP contribution is -2.51. The van der Waals surface area contributed by atoms with Crippen LogP contribution in [-0.2, 0) is 4.79 Å². The van der Waals surface area contributed by atoms with Crippen molar-refractivity contribution in [2.24, 2.45) is 0 Å². The first-order chi connectivity index (χ1) is 12.1. The lowest BCUT2D eigenvalue weighted by Gasteiger charge is -2.37. The monoisotopic (exact) mass is 346 g/mol. The minimum atomic E-state index is -0.349. The molecule has 1 N–H and O–H groups in total. The average Bonchev–Trinajstić information content (AvgIpc) is 2.90. The molecule has 0 unspecified atom stereocenters. The van der Waals surface area contributed by atoms with E-state index in [1.54, 1.807) is 7.11 Å². The van der Waals surface area contributed by atoms with E-state index in [1.165, 1.54) is 10.6 Å². The number of methoxy groups -OCH3 is 1. The summed E-state index contributed by atoms with van der Waals surface area (Å²) in [4.78, 5) is 30.2. The van der Waals surface area contributed by atoms with Crippen molar-refractivity contribution in [3.63, 3.8) is 0 Å². The number of benzene rings is 1. The molecule has 0 bridgehead atoms. The summed E-state index contributed by atoms with van der Waals surface area (Å²) in [6, 6.07) is 7.42. The Morgan fingerprint density at radius 2 is 1.80 bits per heavy atom. The van der Waals surface area contributed by atoms with E-state index < -0.39 is 0 Å². The Labute approximate surface area is 148 Å². The van der Waals surface area contributed by atoms with Crippen LogP contribution in [0.2, 0.25) is 0 Å². The topological polar surface area (TPSA) is 65.1 Å². The van der Waals surface area contributed by atoms with Gasteiger partial charge in [-0.2, -0.15) is 0 Å². The highest BCUT2D eigenvalue weighted by Crippen LogP contribution is 2.21. The summed E-state index contributed by atoms with van der Waals surface area (Å²) in [5.41, 5.74) is 1.17. The van der Waals surface area contributed by atoms with Gasteiger partial charge < -0.3 is 15.0 Å². The Morgan fingerprint density at radius 3 is 2.40 bits per heavy atom. The fourth-order valence-corrected chi connectivity index (χ4v) is 3.34. The summed E-state index contributed by atoms with van der Waals surface area (Å²) in [7, 11) is 1.66. The minimum absolute atomic E-state index is 0.0931. The molecule has 0 aromatic heterocycles. The molecule has 25 heavy (non-hydrogen) atoms. The van der Waals surface area contributed by atoms with E-state index in [9.17, 15) is 9.59 Å². The first kappa shape index (κ1) is 17.5. The molecule has 2 saturated heterocycles. The maximum Gasteiger partial charge on any atom is 0.325 e. The second kappa shape index (κ2) is 7.74. The molecule has 3 amide bonds. The summed E-state index contributed by atoms with van der Waals surface area (Å²) in [6.07, 6.45) is 1.58. The number of urea groups is 1. The van der Waals surface area contributed by atoms with E-state index in [-0.39, 0.29) is 18.0 Å². The molecular formula is C18H26N4O3. The van der Waals surface area contributed by atoms with Crippen LogP contribution in [0, 0.1) is 0 Å². The summed E-state index contributed by atoms with van der Waals surface area (Å²) in [5, 5.41) is 2.78. The SMILES string of the molecule is CCC[C@H]1NC(=O)N(CN2CCN(c3ccc(OC)cc3)CC2)C1=O. The van der Waals surface area contributed by atoms with E-state index >= 15 is 0 Å². The Morgan fingerprint density at radius 1 is 1.12 bits per heavy atom. The second-order valence-corrected chi connectivity index (χ2v) is 6.50. The number of piperazine rings is 1. The third kappa shape index (κ3) is 3.87. The Kier molecular flexibility index (Phi) is 5.43. The van der Waals surface area contributed by atoms with Crippen molar-refractivity contribution >= 4 is 17.6 Å². The molecule has 1 aromatic rings. The van der Waals surface area contributed by atoms with Gasteiger partial charge in [-0.05, 0) is 30.7 Å². The number of nitrogens with zero attached hydrogens (tertiary/aromatic N) is 3. The largest absolute Gasteiger partial charge is 0.497 e. The van der Waals surface area contributed by atoms with Gasteiger partial charge in [0.15, 0.2) is 0 Å². The maximum atomic E-state index is 12.3. The molecule has 0 radical (unpaired) electrons. The fraction of sp³-hybridized carbons (Fsp3) is 0.556. The molecule has 2 heterocycles. The van der Waals surface area contributed by atoms with Gasteiger partial charge in [0.2, 0.25) is 0 Å². The van der Waals surface area contributed by atoms with E-state index in [2.05, 4.69) is 27.2 Å². The molecule has 136 valence electrons. The van der Waals surface area contributed by atoms with Gasteiger partial charge in [-0.25, -0.2) is 9.69 Å². The number of imide groups is 1. The number of hydrogen-bond donors (Lipinski definition) is 1. The molecule has 2 fully saturated rings. The molecule has 3 rings (SSSR count). The number of carbonyl (C=O) groups excluding carboxylic acids is 2. The molecule has 7 nitrogen and oxygen atoms in total. The number of anilines is 1. The van der Waals surface area contributed by atoms with Crippen LogP contribution in [0.3, 0.4) is 0 Å². The Bertz CT molecular complexity index is 611. The van der Waals surface area contributed by atoms with Crippen molar-refractivity contribution in [3.05, 3.63) is 24.3 Å². The third-order valence-corrected chi connectivity index (χ3v) is 4.84. The smallest absolute Gasteiger partial charge is 0.325 e. The lowest BCUT2D eigenvalue weighted by molar-refractivity contribution is -0.129. The van der Waals surface area contributed by atoms with Crippen molar-refractivity contribution < 1.29 is 14.3 Å². The van der Waals surface area contributed by atoms with Crippen LogP contribution in [-0.4, -0.2) is 67.7 Å². The highest BCUT2D eigenvalue weighted by molar-refractivity contribution is 6.04. The minimum Gasteiger partial charge on any atom is -0.497 e. The van der Waals surface area contributed by atoms with E-state index in [0.29, 0.717) is 13.1 Å². The van der Waals surface area contributed by atoms with Crippen molar-refractivity contribution in [1.29, 1.82) is 0 Å². The third-order valence-electron chi connectivity index (χ3n) is 4.84. The predicted octanol–water partition coefficient (Wildman–Crippen LogP) is 1.50. The summed E-state index contributed by atoms with van der Waals surface area (Å²) >= 11 is 0. The van der Waals surface area contributed by atoms with Gasteiger partial charge >= 0.3 is 6.03 Å². The molecule has 2 aliphatic rings.